The predicted octanol–water partition coefficient (Wildman–Crippen LogP) is 2.56. The summed E-state index contributed by atoms with van der Waals surface area (Å²) in [4.78, 5) is 12.7. The van der Waals surface area contributed by atoms with Gasteiger partial charge in [0.15, 0.2) is 11.8 Å². The fraction of sp³-hybridized carbons (Fsp3) is 0.143. The Kier molecular flexibility index (Phi) is 3.26. The van der Waals surface area contributed by atoms with Crippen molar-refractivity contribution in [3.05, 3.63) is 31.9 Å². The van der Waals surface area contributed by atoms with Gasteiger partial charge in [0.2, 0.25) is 0 Å². The molecule has 0 amide bonds. The Labute approximate surface area is 90.6 Å². The van der Waals surface area contributed by atoms with E-state index in [1.807, 2.05) is 0 Å². The van der Waals surface area contributed by atoms with Gasteiger partial charge < -0.3 is 10.1 Å². The smallest absolute Gasteiger partial charge is 0.358 e. The van der Waals surface area contributed by atoms with Crippen molar-refractivity contribution < 1.29 is 13.7 Å². The van der Waals surface area contributed by atoms with Crippen LogP contribution in [0.4, 0.5) is 14.6 Å². The molecule has 8 heteroatoms. The Morgan fingerprint density at radius 1 is 1.67 bits per heavy atom. The molecule has 1 aromatic rings. The molecule has 0 spiro atoms. The maximum absolute atomic E-state index is 12.5. The van der Waals surface area contributed by atoms with Crippen LogP contribution in [-0.4, -0.2) is 9.91 Å². The SMILES string of the molecule is N#Cc1c([N+](=O)[O-])ncc(Br)c1C(F)F. The number of nitrogens with zero attached hydrogens (tertiary/aromatic N) is 3. The molecular weight excluding hydrogens is 276 g/mol. The maximum Gasteiger partial charge on any atom is 0.381 e. The third-order valence-electron chi connectivity index (χ3n) is 1.55. The molecule has 0 atom stereocenters. The number of nitro groups is 1. The first kappa shape index (κ1) is 11.5. The molecule has 5 nitrogen and oxygen atoms in total. The van der Waals surface area contributed by atoms with Crippen LogP contribution in [0.5, 0.6) is 0 Å². The van der Waals surface area contributed by atoms with E-state index in [2.05, 4.69) is 20.9 Å². The van der Waals surface area contributed by atoms with Crippen molar-refractivity contribution in [2.45, 2.75) is 6.43 Å². The van der Waals surface area contributed by atoms with Crippen LogP contribution in [-0.2, 0) is 0 Å². The van der Waals surface area contributed by atoms with Crippen LogP contribution < -0.4 is 0 Å². The average molecular weight is 278 g/mol. The highest BCUT2D eigenvalue weighted by atomic mass is 79.9. The molecule has 15 heavy (non-hydrogen) atoms. The molecule has 0 N–H and O–H groups in total. The molecule has 0 aliphatic rings. The number of aromatic nitrogens is 1. The second kappa shape index (κ2) is 4.27. The van der Waals surface area contributed by atoms with Crippen LogP contribution in [0.2, 0.25) is 0 Å². The quantitative estimate of drug-likeness (QED) is 0.615. The highest BCUT2D eigenvalue weighted by Crippen LogP contribution is 2.33. The lowest BCUT2D eigenvalue weighted by Gasteiger charge is -2.03. The Bertz CT molecular complexity index is 458. The van der Waals surface area contributed by atoms with Gasteiger partial charge in [0.05, 0.1) is 10.0 Å². The molecule has 1 rings (SSSR count). The summed E-state index contributed by atoms with van der Waals surface area (Å²) >= 11 is 2.76. The van der Waals surface area contributed by atoms with Gasteiger partial charge in [0.1, 0.15) is 6.07 Å². The molecule has 78 valence electrons. The summed E-state index contributed by atoms with van der Waals surface area (Å²) in [6, 6.07) is 1.35. The molecule has 0 radical (unpaired) electrons. The zero-order chi connectivity index (χ0) is 11.6. The van der Waals surface area contributed by atoms with Gasteiger partial charge in [-0.25, -0.2) is 8.78 Å². The van der Waals surface area contributed by atoms with Crippen molar-refractivity contribution in [3.8, 4) is 6.07 Å². The van der Waals surface area contributed by atoms with Crippen molar-refractivity contribution in [3.63, 3.8) is 0 Å². The predicted molar refractivity (Wildman–Crippen MR) is 48.3 cm³/mol. The number of alkyl halides is 2. The third kappa shape index (κ3) is 2.07. The first-order valence-electron chi connectivity index (χ1n) is 3.50. The monoisotopic (exact) mass is 277 g/mol. The molecule has 1 heterocycles. The van der Waals surface area contributed by atoms with Crippen LogP contribution in [0.25, 0.3) is 0 Å². The van der Waals surface area contributed by atoms with E-state index in [-0.39, 0.29) is 4.47 Å². The average Bonchev–Trinajstić information content (AvgIpc) is 2.15. The number of hydrogen-bond donors (Lipinski definition) is 0. The highest BCUT2D eigenvalue weighted by molar-refractivity contribution is 9.10. The van der Waals surface area contributed by atoms with E-state index in [0.717, 1.165) is 6.20 Å². The van der Waals surface area contributed by atoms with E-state index in [4.69, 9.17) is 5.26 Å². The summed E-state index contributed by atoms with van der Waals surface area (Å²) in [6.45, 7) is 0. The van der Waals surface area contributed by atoms with Gasteiger partial charge in [-0.1, -0.05) is 0 Å². The van der Waals surface area contributed by atoms with Gasteiger partial charge >= 0.3 is 5.82 Å². The van der Waals surface area contributed by atoms with Crippen LogP contribution in [0.15, 0.2) is 10.7 Å². The molecule has 1 aromatic heterocycles. The summed E-state index contributed by atoms with van der Waals surface area (Å²) in [7, 11) is 0. The summed E-state index contributed by atoms with van der Waals surface area (Å²) in [5, 5.41) is 19.0. The summed E-state index contributed by atoms with van der Waals surface area (Å²) in [5.41, 5.74) is -1.43. The summed E-state index contributed by atoms with van der Waals surface area (Å²) < 4.78 is 24.8. The van der Waals surface area contributed by atoms with E-state index in [0.29, 0.717) is 0 Å². The third-order valence-corrected chi connectivity index (χ3v) is 2.19. The Hall–Kier alpha value is -1.62. The van der Waals surface area contributed by atoms with Crippen molar-refractivity contribution in [2.24, 2.45) is 0 Å². The minimum absolute atomic E-state index is 0.125. The van der Waals surface area contributed by atoms with Gasteiger partial charge in [0.25, 0.3) is 6.43 Å². The molecular formula is C7H2BrF2N3O2. The van der Waals surface area contributed by atoms with E-state index >= 15 is 0 Å². The minimum Gasteiger partial charge on any atom is -0.358 e. The maximum atomic E-state index is 12.5. The largest absolute Gasteiger partial charge is 0.381 e. The number of pyridine rings is 1. The van der Waals surface area contributed by atoms with Crippen molar-refractivity contribution >= 4 is 21.7 Å². The highest BCUT2D eigenvalue weighted by Gasteiger charge is 2.27. The first-order valence-corrected chi connectivity index (χ1v) is 4.29. The van der Waals surface area contributed by atoms with Gasteiger partial charge in [0, 0.05) is 0 Å². The van der Waals surface area contributed by atoms with Crippen molar-refractivity contribution in [1.82, 2.24) is 4.98 Å². The van der Waals surface area contributed by atoms with Crippen LogP contribution in [0.1, 0.15) is 17.6 Å². The molecule has 0 aromatic carbocycles. The van der Waals surface area contributed by atoms with Gasteiger partial charge in [-0.2, -0.15) is 5.26 Å². The van der Waals surface area contributed by atoms with Gasteiger partial charge in [-0.05, 0) is 25.8 Å². The van der Waals surface area contributed by atoms with Crippen molar-refractivity contribution in [1.29, 1.82) is 5.26 Å². The van der Waals surface area contributed by atoms with Crippen LogP contribution in [0, 0.1) is 21.4 Å². The molecule has 0 aliphatic carbocycles. The number of nitriles is 1. The number of halogens is 3. The molecule has 0 fully saturated rings. The van der Waals surface area contributed by atoms with Crippen molar-refractivity contribution in [2.75, 3.05) is 0 Å². The molecule has 0 saturated carbocycles. The molecule has 0 unspecified atom stereocenters. The lowest BCUT2D eigenvalue weighted by molar-refractivity contribution is -0.389. The molecule has 0 aliphatic heterocycles. The van der Waals surface area contributed by atoms with Crippen LogP contribution in [0.3, 0.4) is 0 Å². The standard InChI is InChI=1S/C7H2BrF2N3O2/c8-4-2-12-7(13(14)15)3(1-11)5(4)6(9)10/h2,6H. The Morgan fingerprint density at radius 2 is 2.27 bits per heavy atom. The minimum atomic E-state index is -2.98. The second-order valence-corrected chi connectivity index (χ2v) is 3.24. The van der Waals surface area contributed by atoms with Crippen LogP contribution >= 0.6 is 15.9 Å². The Morgan fingerprint density at radius 3 is 2.67 bits per heavy atom. The van der Waals surface area contributed by atoms with E-state index in [1.54, 1.807) is 0 Å². The van der Waals surface area contributed by atoms with E-state index in [9.17, 15) is 18.9 Å². The zero-order valence-electron chi connectivity index (χ0n) is 6.95. The summed E-state index contributed by atoms with van der Waals surface area (Å²) in [6.07, 6.45) is -2.10. The lowest BCUT2D eigenvalue weighted by atomic mass is 10.1. The van der Waals surface area contributed by atoms with Gasteiger partial charge in [-0.3, -0.25) is 0 Å². The number of rotatable bonds is 2. The van der Waals surface area contributed by atoms with E-state index < -0.39 is 28.3 Å². The molecule has 0 saturated heterocycles. The van der Waals surface area contributed by atoms with Gasteiger partial charge in [-0.15, -0.1) is 0 Å². The number of hydrogen-bond acceptors (Lipinski definition) is 4. The fourth-order valence-electron chi connectivity index (χ4n) is 0.954. The first-order chi connectivity index (χ1) is 6.99. The lowest BCUT2D eigenvalue weighted by Crippen LogP contribution is -2.01. The Balaban J connectivity index is 3.56. The fourth-order valence-corrected chi connectivity index (χ4v) is 1.43. The normalized spacial score (nSPS) is 10.1. The van der Waals surface area contributed by atoms with E-state index in [1.165, 1.54) is 6.07 Å². The topological polar surface area (TPSA) is 79.8 Å². The summed E-state index contributed by atoms with van der Waals surface area (Å²) in [5.74, 6) is -0.865. The zero-order valence-corrected chi connectivity index (χ0v) is 8.53. The molecule has 0 bridgehead atoms. The second-order valence-electron chi connectivity index (χ2n) is 2.39.